The Balaban J connectivity index is 1.67. The predicted octanol–water partition coefficient (Wildman–Crippen LogP) is 3.56. The lowest BCUT2D eigenvalue weighted by Crippen LogP contribution is -2.27. The lowest BCUT2D eigenvalue weighted by atomic mass is 9.92. The van der Waals surface area contributed by atoms with Gasteiger partial charge in [-0.05, 0) is 43.9 Å². The highest BCUT2D eigenvalue weighted by Crippen LogP contribution is 2.24. The highest BCUT2D eigenvalue weighted by atomic mass is 35.5. The molecule has 0 amide bonds. The summed E-state index contributed by atoms with van der Waals surface area (Å²) in [5, 5.41) is 20.4. The van der Waals surface area contributed by atoms with Crippen molar-refractivity contribution in [3.05, 3.63) is 59.1 Å². The Hall–Kier alpha value is -2.44. The molecule has 2 aromatic heterocycles. The number of aromatic carboxylic acids is 1. The van der Waals surface area contributed by atoms with Crippen molar-refractivity contribution in [1.29, 1.82) is 0 Å². The van der Waals surface area contributed by atoms with E-state index in [1.165, 1.54) is 6.33 Å². The van der Waals surface area contributed by atoms with Crippen LogP contribution in [0.2, 0.25) is 5.15 Å². The van der Waals surface area contributed by atoms with Crippen molar-refractivity contribution >= 4 is 28.6 Å². The molecule has 0 aliphatic rings. The molecule has 0 fully saturated rings. The molecule has 0 aliphatic carbocycles. The van der Waals surface area contributed by atoms with E-state index >= 15 is 0 Å². The second-order valence-corrected chi connectivity index (χ2v) is 6.97. The van der Waals surface area contributed by atoms with Gasteiger partial charge in [0.05, 0.1) is 16.7 Å². The molecule has 0 saturated carbocycles. The maximum absolute atomic E-state index is 11.3. The van der Waals surface area contributed by atoms with Gasteiger partial charge in [-0.15, -0.1) is 0 Å². The lowest BCUT2D eigenvalue weighted by molar-refractivity contribution is 0.0380. The first-order valence-corrected chi connectivity index (χ1v) is 8.74. The van der Waals surface area contributed by atoms with Crippen LogP contribution in [-0.2, 0) is 13.0 Å². The van der Waals surface area contributed by atoms with E-state index in [-0.39, 0.29) is 5.56 Å². The summed E-state index contributed by atoms with van der Waals surface area (Å²) in [4.78, 5) is 19.5. The summed E-state index contributed by atoms with van der Waals surface area (Å²) >= 11 is 6.15. The number of aromatic nitrogens is 3. The number of rotatable bonds is 7. The number of fused-ring (bicyclic) bond motifs is 1. The second-order valence-electron chi connectivity index (χ2n) is 6.62. The average molecular weight is 374 g/mol. The van der Waals surface area contributed by atoms with Crippen LogP contribution < -0.4 is 0 Å². The van der Waals surface area contributed by atoms with Crippen LogP contribution in [0, 0.1) is 0 Å². The zero-order chi connectivity index (χ0) is 18.7. The molecule has 2 N–H and O–H groups in total. The molecular weight excluding hydrogens is 354 g/mol. The minimum absolute atomic E-state index is 0.281. The molecular formula is C19H20ClN3O3. The minimum atomic E-state index is -0.950. The van der Waals surface area contributed by atoms with Crippen LogP contribution in [0.3, 0.4) is 0 Å². The Bertz CT molecular complexity index is 937. The Labute approximate surface area is 156 Å². The Morgan fingerprint density at radius 2 is 2.00 bits per heavy atom. The van der Waals surface area contributed by atoms with E-state index < -0.39 is 11.6 Å². The van der Waals surface area contributed by atoms with Gasteiger partial charge in [-0.1, -0.05) is 29.8 Å². The zero-order valence-electron chi connectivity index (χ0n) is 14.4. The number of hydrogen-bond acceptors (Lipinski definition) is 4. The monoisotopic (exact) mass is 373 g/mol. The van der Waals surface area contributed by atoms with Crippen LogP contribution in [0.4, 0.5) is 0 Å². The van der Waals surface area contributed by atoms with Gasteiger partial charge in [0.15, 0.2) is 5.15 Å². The largest absolute Gasteiger partial charge is 0.478 e. The van der Waals surface area contributed by atoms with Crippen molar-refractivity contribution in [2.75, 3.05) is 0 Å². The summed E-state index contributed by atoms with van der Waals surface area (Å²) in [5.74, 6) is -0.950. The Kier molecular flexibility index (Phi) is 5.25. The Morgan fingerprint density at radius 3 is 2.77 bits per heavy atom. The average Bonchev–Trinajstić information content (AvgIpc) is 3.03. The molecule has 0 spiro atoms. The van der Waals surface area contributed by atoms with E-state index in [0.717, 1.165) is 16.6 Å². The number of benzene rings is 1. The summed E-state index contributed by atoms with van der Waals surface area (Å²) in [6, 6.07) is 8.75. The molecule has 3 aromatic rings. The van der Waals surface area contributed by atoms with E-state index in [0.29, 0.717) is 31.0 Å². The predicted molar refractivity (Wildman–Crippen MR) is 99.5 cm³/mol. The van der Waals surface area contributed by atoms with Crippen molar-refractivity contribution < 1.29 is 15.0 Å². The fourth-order valence-electron chi connectivity index (χ4n) is 3.02. The molecule has 7 heteroatoms. The maximum Gasteiger partial charge on any atom is 0.335 e. The van der Waals surface area contributed by atoms with Crippen molar-refractivity contribution in [2.45, 2.75) is 38.3 Å². The van der Waals surface area contributed by atoms with Gasteiger partial charge in [-0.2, -0.15) is 0 Å². The van der Waals surface area contributed by atoms with Gasteiger partial charge in [0.1, 0.15) is 11.8 Å². The van der Waals surface area contributed by atoms with Crippen molar-refractivity contribution in [3.63, 3.8) is 0 Å². The van der Waals surface area contributed by atoms with Crippen LogP contribution in [0.5, 0.6) is 0 Å². The number of carboxylic acid groups (broad SMARTS) is 1. The van der Waals surface area contributed by atoms with Gasteiger partial charge in [-0.25, -0.2) is 14.8 Å². The third-order valence-electron chi connectivity index (χ3n) is 4.58. The van der Waals surface area contributed by atoms with Crippen molar-refractivity contribution in [2.24, 2.45) is 0 Å². The number of carboxylic acids is 1. The van der Waals surface area contributed by atoms with E-state index in [1.807, 2.05) is 22.9 Å². The SMILES string of the molecule is CC(O)(CCc1ccccc1C(=O)O)CCn1ccc2ncnc(Cl)c21. The first-order valence-electron chi connectivity index (χ1n) is 8.36. The Morgan fingerprint density at radius 1 is 1.23 bits per heavy atom. The number of carbonyl (C=O) groups is 1. The second kappa shape index (κ2) is 7.43. The molecule has 0 radical (unpaired) electrons. The first kappa shape index (κ1) is 18.4. The summed E-state index contributed by atoms with van der Waals surface area (Å²) in [6.07, 6.45) is 4.75. The lowest BCUT2D eigenvalue weighted by Gasteiger charge is -2.24. The maximum atomic E-state index is 11.3. The van der Waals surface area contributed by atoms with Crippen LogP contribution in [0.25, 0.3) is 11.0 Å². The third-order valence-corrected chi connectivity index (χ3v) is 4.85. The van der Waals surface area contributed by atoms with Crippen LogP contribution in [-0.4, -0.2) is 36.3 Å². The number of nitrogens with zero attached hydrogens (tertiary/aromatic N) is 3. The van der Waals surface area contributed by atoms with Crippen molar-refractivity contribution in [3.8, 4) is 0 Å². The highest BCUT2D eigenvalue weighted by molar-refractivity contribution is 6.33. The molecule has 2 heterocycles. The van der Waals surface area contributed by atoms with Gasteiger partial charge >= 0.3 is 5.97 Å². The summed E-state index contributed by atoms with van der Waals surface area (Å²) < 4.78 is 1.93. The highest BCUT2D eigenvalue weighted by Gasteiger charge is 2.22. The first-order chi connectivity index (χ1) is 12.4. The van der Waals surface area contributed by atoms with E-state index in [1.54, 1.807) is 25.1 Å². The summed E-state index contributed by atoms with van der Waals surface area (Å²) in [7, 11) is 0. The molecule has 26 heavy (non-hydrogen) atoms. The summed E-state index contributed by atoms with van der Waals surface area (Å²) in [6.45, 7) is 2.32. The van der Waals surface area contributed by atoms with E-state index in [4.69, 9.17) is 11.6 Å². The van der Waals surface area contributed by atoms with Gasteiger partial charge in [-0.3, -0.25) is 0 Å². The molecule has 0 saturated heterocycles. The quantitative estimate of drug-likeness (QED) is 0.618. The van der Waals surface area contributed by atoms with Gasteiger partial charge in [0, 0.05) is 12.7 Å². The fraction of sp³-hybridized carbons (Fsp3) is 0.316. The van der Waals surface area contributed by atoms with Gasteiger partial charge in [0.25, 0.3) is 0 Å². The number of halogens is 1. The number of aryl methyl sites for hydroxylation is 2. The summed E-state index contributed by atoms with van der Waals surface area (Å²) in [5.41, 5.74) is 1.58. The molecule has 1 unspecified atom stereocenters. The third kappa shape index (κ3) is 4.03. The smallest absolute Gasteiger partial charge is 0.335 e. The van der Waals surface area contributed by atoms with Gasteiger partial charge in [0.2, 0.25) is 0 Å². The normalized spacial score (nSPS) is 13.7. The molecule has 1 atom stereocenters. The van der Waals surface area contributed by atoms with Crippen LogP contribution >= 0.6 is 11.6 Å². The molecule has 6 nitrogen and oxygen atoms in total. The minimum Gasteiger partial charge on any atom is -0.478 e. The van der Waals surface area contributed by atoms with E-state index in [2.05, 4.69) is 9.97 Å². The van der Waals surface area contributed by atoms with E-state index in [9.17, 15) is 15.0 Å². The van der Waals surface area contributed by atoms with Crippen molar-refractivity contribution in [1.82, 2.24) is 14.5 Å². The molecule has 136 valence electrons. The number of aliphatic hydroxyl groups is 1. The van der Waals surface area contributed by atoms with Gasteiger partial charge < -0.3 is 14.8 Å². The molecule has 0 aliphatic heterocycles. The fourth-order valence-corrected chi connectivity index (χ4v) is 3.27. The van der Waals surface area contributed by atoms with Crippen LogP contribution in [0.1, 0.15) is 35.7 Å². The topological polar surface area (TPSA) is 88.2 Å². The molecule has 3 rings (SSSR count). The van der Waals surface area contributed by atoms with Crippen LogP contribution in [0.15, 0.2) is 42.9 Å². The number of hydrogen-bond donors (Lipinski definition) is 2. The standard InChI is InChI=1S/C19H20ClN3O3/c1-19(26,8-6-13-4-2-3-5-14(13)18(24)25)9-11-23-10-7-15-16(23)17(20)22-12-21-15/h2-5,7,10,12,26H,6,8-9,11H2,1H3,(H,24,25). The molecule has 1 aromatic carbocycles. The molecule has 0 bridgehead atoms. The zero-order valence-corrected chi connectivity index (χ0v) is 15.1.